The van der Waals surface area contributed by atoms with Gasteiger partial charge in [0.25, 0.3) is 5.91 Å². The third-order valence-corrected chi connectivity index (χ3v) is 3.17. The van der Waals surface area contributed by atoms with Crippen LogP contribution >= 0.6 is 11.8 Å². The van der Waals surface area contributed by atoms with Crippen LogP contribution in [0, 0.1) is 0 Å². The molecule has 0 saturated heterocycles. The number of anilines is 1. The molecule has 0 spiro atoms. The van der Waals surface area contributed by atoms with Crippen LogP contribution in [0.15, 0.2) is 23.1 Å². The molecule has 2 rings (SSSR count). The summed E-state index contributed by atoms with van der Waals surface area (Å²) in [6.07, 6.45) is -0.246. The molecular formula is C10H9F2NO2S. The zero-order chi connectivity index (χ0) is 11.9. The highest BCUT2D eigenvalue weighted by molar-refractivity contribution is 7.98. The van der Waals surface area contributed by atoms with Gasteiger partial charge in [0.1, 0.15) is 0 Å². The first kappa shape index (κ1) is 11.3. The third kappa shape index (κ3) is 1.58. The Hall–Kier alpha value is -1.14. The number of rotatable bonds is 1. The molecule has 0 aliphatic carbocycles. The zero-order valence-corrected chi connectivity index (χ0v) is 9.15. The highest BCUT2D eigenvalue weighted by Crippen LogP contribution is 2.41. The van der Waals surface area contributed by atoms with Gasteiger partial charge < -0.3 is 10.4 Å². The summed E-state index contributed by atoms with van der Waals surface area (Å²) in [7, 11) is 0. The summed E-state index contributed by atoms with van der Waals surface area (Å²) in [5.74, 6) is -5.24. The van der Waals surface area contributed by atoms with Crippen LogP contribution in [-0.4, -0.2) is 23.2 Å². The summed E-state index contributed by atoms with van der Waals surface area (Å²) in [6, 6.07) is 4.59. The number of hydrogen-bond acceptors (Lipinski definition) is 3. The highest BCUT2D eigenvalue weighted by atomic mass is 32.2. The molecule has 0 saturated carbocycles. The molecule has 1 aliphatic rings. The van der Waals surface area contributed by atoms with E-state index < -0.39 is 17.9 Å². The maximum absolute atomic E-state index is 13.2. The molecule has 2 N–H and O–H groups in total. The Labute approximate surface area is 94.8 Å². The molecule has 1 atom stereocenters. The van der Waals surface area contributed by atoms with Crippen molar-refractivity contribution in [1.29, 1.82) is 0 Å². The molecule has 16 heavy (non-hydrogen) atoms. The van der Waals surface area contributed by atoms with Crippen LogP contribution in [-0.2, 0) is 4.79 Å². The van der Waals surface area contributed by atoms with Crippen molar-refractivity contribution in [3.05, 3.63) is 23.8 Å². The number of carbonyl (C=O) groups is 1. The molecule has 86 valence electrons. The van der Waals surface area contributed by atoms with Crippen molar-refractivity contribution in [3.8, 4) is 0 Å². The lowest BCUT2D eigenvalue weighted by Crippen LogP contribution is -2.44. The molecule has 0 bridgehead atoms. The lowest BCUT2D eigenvalue weighted by Gasteiger charge is -2.29. The predicted molar refractivity (Wildman–Crippen MR) is 56.8 cm³/mol. The molecule has 1 amide bonds. The zero-order valence-electron chi connectivity index (χ0n) is 8.33. The number of aliphatic hydroxyl groups excluding tert-OH is 1. The monoisotopic (exact) mass is 245 g/mol. The number of fused-ring (bicyclic) bond motifs is 1. The summed E-state index contributed by atoms with van der Waals surface area (Å²) in [5.41, 5.74) is 0.290. The summed E-state index contributed by atoms with van der Waals surface area (Å²) in [5, 5.41) is 11.5. The summed E-state index contributed by atoms with van der Waals surface area (Å²) in [4.78, 5) is 11.9. The fourth-order valence-corrected chi connectivity index (χ4v) is 1.97. The molecule has 1 aromatic carbocycles. The average molecular weight is 245 g/mol. The topological polar surface area (TPSA) is 49.3 Å². The largest absolute Gasteiger partial charge is 0.381 e. The highest BCUT2D eigenvalue weighted by Gasteiger charge is 2.51. The van der Waals surface area contributed by atoms with Gasteiger partial charge in [-0.15, -0.1) is 11.8 Å². The fourth-order valence-electron chi connectivity index (χ4n) is 1.53. The van der Waals surface area contributed by atoms with E-state index in [9.17, 15) is 18.7 Å². The van der Waals surface area contributed by atoms with Gasteiger partial charge in [-0.3, -0.25) is 4.79 Å². The normalized spacial score (nSPS) is 22.5. The Balaban J connectivity index is 2.51. The minimum atomic E-state index is -3.77. The molecular weight excluding hydrogens is 236 g/mol. The first-order chi connectivity index (χ1) is 7.46. The van der Waals surface area contributed by atoms with Gasteiger partial charge >= 0.3 is 5.92 Å². The Morgan fingerprint density at radius 2 is 2.19 bits per heavy atom. The van der Waals surface area contributed by atoms with Crippen LogP contribution in [0.3, 0.4) is 0 Å². The van der Waals surface area contributed by atoms with Gasteiger partial charge in [-0.05, 0) is 18.4 Å². The van der Waals surface area contributed by atoms with E-state index >= 15 is 0 Å². The number of thioether (sulfide) groups is 1. The van der Waals surface area contributed by atoms with Crippen LogP contribution < -0.4 is 5.32 Å². The fraction of sp³-hybridized carbons (Fsp3) is 0.300. The van der Waals surface area contributed by atoms with E-state index in [-0.39, 0.29) is 11.3 Å². The van der Waals surface area contributed by atoms with Crippen molar-refractivity contribution in [2.24, 2.45) is 0 Å². The van der Waals surface area contributed by atoms with Crippen molar-refractivity contribution in [1.82, 2.24) is 0 Å². The average Bonchev–Trinajstić information content (AvgIpc) is 2.26. The van der Waals surface area contributed by atoms with E-state index in [0.29, 0.717) is 0 Å². The van der Waals surface area contributed by atoms with Gasteiger partial charge in [0.2, 0.25) is 0 Å². The van der Waals surface area contributed by atoms with E-state index in [1.807, 2.05) is 6.26 Å². The van der Waals surface area contributed by atoms with Gasteiger partial charge in [0.15, 0.2) is 6.10 Å². The van der Waals surface area contributed by atoms with Crippen molar-refractivity contribution in [3.63, 3.8) is 0 Å². The maximum atomic E-state index is 13.2. The van der Waals surface area contributed by atoms with E-state index in [4.69, 9.17) is 0 Å². The lowest BCUT2D eigenvalue weighted by molar-refractivity contribution is -0.159. The number of nitrogens with one attached hydrogen (secondary N) is 1. The van der Waals surface area contributed by atoms with E-state index in [1.165, 1.54) is 17.8 Å². The molecule has 0 radical (unpaired) electrons. The Morgan fingerprint density at radius 3 is 2.81 bits per heavy atom. The summed E-state index contributed by atoms with van der Waals surface area (Å²) >= 11 is 1.42. The van der Waals surface area contributed by atoms with E-state index in [2.05, 4.69) is 5.32 Å². The predicted octanol–water partition coefficient (Wildman–Crippen LogP) is 2.03. The quantitative estimate of drug-likeness (QED) is 0.744. The Morgan fingerprint density at radius 1 is 1.50 bits per heavy atom. The van der Waals surface area contributed by atoms with Crippen molar-refractivity contribution < 1.29 is 18.7 Å². The second-order valence-corrected chi connectivity index (χ2v) is 4.31. The van der Waals surface area contributed by atoms with Crippen molar-refractivity contribution >= 4 is 23.4 Å². The Bertz CT molecular complexity index is 450. The van der Waals surface area contributed by atoms with Crippen LogP contribution in [0.25, 0.3) is 0 Å². The lowest BCUT2D eigenvalue weighted by atomic mass is 9.97. The molecule has 0 aromatic heterocycles. The SMILES string of the molecule is CSc1ccc2c(c1)NC(=O)C(F)(F)[C@H]2O. The minimum Gasteiger partial charge on any atom is -0.381 e. The number of benzene rings is 1. The van der Waals surface area contributed by atoms with Crippen LogP contribution in [0.4, 0.5) is 14.5 Å². The number of halogens is 2. The number of aliphatic hydroxyl groups is 1. The van der Waals surface area contributed by atoms with E-state index in [0.717, 1.165) is 4.90 Å². The van der Waals surface area contributed by atoms with Crippen LogP contribution in [0.1, 0.15) is 11.7 Å². The second-order valence-electron chi connectivity index (χ2n) is 3.43. The second kappa shape index (κ2) is 3.71. The molecule has 6 heteroatoms. The van der Waals surface area contributed by atoms with Crippen LogP contribution in [0.5, 0.6) is 0 Å². The number of hydrogen-bond donors (Lipinski definition) is 2. The maximum Gasteiger partial charge on any atom is 0.354 e. The molecule has 0 fully saturated rings. The van der Waals surface area contributed by atoms with Gasteiger partial charge in [-0.2, -0.15) is 8.78 Å². The standard InChI is InChI=1S/C10H9F2NO2S/c1-16-5-2-3-6-7(4-5)13-9(15)10(11,12)8(6)14/h2-4,8,14H,1H3,(H,13,15)/t8-/m0/s1. The molecule has 0 unspecified atom stereocenters. The first-order valence-electron chi connectivity index (χ1n) is 4.52. The molecule has 1 heterocycles. The van der Waals surface area contributed by atoms with Gasteiger partial charge in [-0.25, -0.2) is 0 Å². The van der Waals surface area contributed by atoms with Gasteiger partial charge in [-0.1, -0.05) is 6.07 Å². The smallest absolute Gasteiger partial charge is 0.354 e. The summed E-state index contributed by atoms with van der Waals surface area (Å²) in [6.45, 7) is 0. The minimum absolute atomic E-state index is 0.0439. The number of amides is 1. The van der Waals surface area contributed by atoms with E-state index in [1.54, 1.807) is 12.1 Å². The molecule has 1 aromatic rings. The van der Waals surface area contributed by atoms with Crippen molar-refractivity contribution in [2.75, 3.05) is 11.6 Å². The number of alkyl halides is 2. The van der Waals surface area contributed by atoms with Crippen LogP contribution in [0.2, 0.25) is 0 Å². The summed E-state index contributed by atoms with van der Waals surface area (Å²) < 4.78 is 26.4. The molecule has 3 nitrogen and oxygen atoms in total. The Kier molecular flexibility index (Phi) is 2.63. The van der Waals surface area contributed by atoms with Crippen molar-refractivity contribution in [2.45, 2.75) is 16.9 Å². The molecule has 1 aliphatic heterocycles. The van der Waals surface area contributed by atoms with Gasteiger partial charge in [0, 0.05) is 16.1 Å². The van der Waals surface area contributed by atoms with Gasteiger partial charge in [0.05, 0.1) is 0 Å². The number of carbonyl (C=O) groups excluding carboxylic acids is 1. The first-order valence-corrected chi connectivity index (χ1v) is 5.74. The third-order valence-electron chi connectivity index (χ3n) is 2.45.